The molecule has 1 aromatic carbocycles. The third-order valence-corrected chi connectivity index (χ3v) is 5.09. The Morgan fingerprint density at radius 1 is 1.22 bits per heavy atom. The van der Waals surface area contributed by atoms with E-state index in [1.165, 1.54) is 23.0 Å². The summed E-state index contributed by atoms with van der Waals surface area (Å²) in [6, 6.07) is 4.68. The summed E-state index contributed by atoms with van der Waals surface area (Å²) in [4.78, 5) is 29.5. The number of halogens is 4. The third kappa shape index (κ3) is 4.23. The number of rotatable bonds is 5. The molecule has 1 atom stereocenters. The van der Waals surface area contributed by atoms with Crippen molar-refractivity contribution in [2.24, 2.45) is 0 Å². The summed E-state index contributed by atoms with van der Waals surface area (Å²) in [7, 11) is 0. The topological polar surface area (TPSA) is 78.1 Å². The second kappa shape index (κ2) is 8.13. The minimum atomic E-state index is -4.77. The summed E-state index contributed by atoms with van der Waals surface area (Å²) in [5.41, 5.74) is -0.379. The van der Waals surface area contributed by atoms with E-state index in [-0.39, 0.29) is 25.3 Å². The number of pyridine rings is 1. The zero-order chi connectivity index (χ0) is 23.0. The van der Waals surface area contributed by atoms with Gasteiger partial charge in [0.1, 0.15) is 28.5 Å². The van der Waals surface area contributed by atoms with Crippen LogP contribution in [0.2, 0.25) is 0 Å². The number of imidazole rings is 1. The molecule has 11 heteroatoms. The van der Waals surface area contributed by atoms with Crippen LogP contribution >= 0.6 is 0 Å². The lowest BCUT2D eigenvalue weighted by atomic mass is 10.1. The van der Waals surface area contributed by atoms with Gasteiger partial charge in [0.2, 0.25) is 0 Å². The van der Waals surface area contributed by atoms with E-state index in [1.54, 1.807) is 17.7 Å². The molecule has 1 amide bonds. The Morgan fingerprint density at radius 3 is 2.69 bits per heavy atom. The second-order valence-electron chi connectivity index (χ2n) is 7.39. The van der Waals surface area contributed by atoms with E-state index in [0.717, 1.165) is 17.8 Å². The maximum absolute atomic E-state index is 13.2. The Bertz CT molecular complexity index is 1230. The Hall–Kier alpha value is -3.63. The van der Waals surface area contributed by atoms with Crippen molar-refractivity contribution in [3.63, 3.8) is 0 Å². The first-order valence-corrected chi connectivity index (χ1v) is 9.68. The number of nitrogens with one attached hydrogen (secondary N) is 1. The van der Waals surface area contributed by atoms with E-state index in [2.05, 4.69) is 10.3 Å². The van der Waals surface area contributed by atoms with Crippen LogP contribution in [0.1, 0.15) is 28.2 Å². The van der Waals surface area contributed by atoms with Crippen LogP contribution < -0.4 is 15.6 Å². The molecule has 0 radical (unpaired) electrons. The van der Waals surface area contributed by atoms with Gasteiger partial charge in [-0.25, -0.2) is 9.37 Å². The average Bonchev–Trinajstić information content (AvgIpc) is 3.15. The van der Waals surface area contributed by atoms with E-state index in [0.29, 0.717) is 11.8 Å². The van der Waals surface area contributed by atoms with Crippen molar-refractivity contribution in [1.82, 2.24) is 19.4 Å². The molecular weight excluding hydrogens is 432 g/mol. The van der Waals surface area contributed by atoms with Crippen molar-refractivity contribution in [3.8, 4) is 11.4 Å². The number of amides is 1. The smallest absolute Gasteiger partial charge is 0.420 e. The molecule has 4 rings (SSSR count). The Labute approximate surface area is 179 Å². The van der Waals surface area contributed by atoms with Gasteiger partial charge in [0.25, 0.3) is 11.5 Å². The van der Waals surface area contributed by atoms with Crippen LogP contribution in [0.15, 0.2) is 47.7 Å². The highest BCUT2D eigenvalue weighted by Crippen LogP contribution is 2.36. The van der Waals surface area contributed by atoms with Gasteiger partial charge >= 0.3 is 6.18 Å². The van der Waals surface area contributed by atoms with Gasteiger partial charge in [-0.15, -0.1) is 0 Å². The molecule has 1 unspecified atom stereocenters. The molecular formula is C21H18F4N4O3. The largest absolute Gasteiger partial charge is 0.493 e. The number of hydrogen-bond donors (Lipinski definition) is 1. The lowest BCUT2D eigenvalue weighted by molar-refractivity contribution is -0.139. The van der Waals surface area contributed by atoms with Crippen LogP contribution in [0, 0.1) is 12.7 Å². The van der Waals surface area contributed by atoms with Gasteiger partial charge in [0.05, 0.1) is 24.7 Å². The van der Waals surface area contributed by atoms with Gasteiger partial charge in [-0.05, 0) is 37.3 Å². The van der Waals surface area contributed by atoms with Gasteiger partial charge in [-0.2, -0.15) is 13.2 Å². The number of fused-ring (bicyclic) bond motifs is 1. The molecule has 0 bridgehead atoms. The number of ether oxygens (including phenoxy) is 1. The van der Waals surface area contributed by atoms with Crippen LogP contribution in [0.25, 0.3) is 5.69 Å². The van der Waals surface area contributed by atoms with Crippen molar-refractivity contribution in [3.05, 3.63) is 76.0 Å². The fourth-order valence-corrected chi connectivity index (χ4v) is 3.55. The minimum absolute atomic E-state index is 0.125. The fraction of sp³-hybridized carbons (Fsp3) is 0.286. The third-order valence-electron chi connectivity index (χ3n) is 5.09. The summed E-state index contributed by atoms with van der Waals surface area (Å²) in [6.07, 6.45) is -1.46. The number of carbonyl (C=O) groups excluding carboxylic acids is 1. The average molecular weight is 450 g/mol. The zero-order valence-electron chi connectivity index (χ0n) is 16.8. The highest BCUT2D eigenvalue weighted by atomic mass is 19.4. The second-order valence-corrected chi connectivity index (χ2v) is 7.39. The Balaban J connectivity index is 1.50. The summed E-state index contributed by atoms with van der Waals surface area (Å²) in [5, 5.41) is 2.72. The monoisotopic (exact) mass is 450 g/mol. The van der Waals surface area contributed by atoms with Crippen molar-refractivity contribution >= 4 is 5.91 Å². The van der Waals surface area contributed by atoms with Crippen LogP contribution in [-0.4, -0.2) is 32.7 Å². The van der Waals surface area contributed by atoms with Gasteiger partial charge in [-0.3, -0.25) is 9.59 Å². The highest BCUT2D eigenvalue weighted by Gasteiger charge is 2.35. The van der Waals surface area contributed by atoms with Crippen molar-refractivity contribution in [1.29, 1.82) is 0 Å². The molecule has 32 heavy (non-hydrogen) atoms. The Morgan fingerprint density at radius 2 is 2.00 bits per heavy atom. The zero-order valence-corrected chi connectivity index (χ0v) is 16.8. The molecule has 0 fully saturated rings. The lowest BCUT2D eigenvalue weighted by Crippen LogP contribution is -2.49. The van der Waals surface area contributed by atoms with E-state index in [4.69, 9.17) is 4.74 Å². The van der Waals surface area contributed by atoms with E-state index < -0.39 is 40.8 Å². The predicted molar refractivity (Wildman–Crippen MR) is 105 cm³/mol. The molecule has 3 heterocycles. The summed E-state index contributed by atoms with van der Waals surface area (Å²) >= 11 is 0. The first-order valence-electron chi connectivity index (χ1n) is 9.68. The van der Waals surface area contributed by atoms with Gasteiger partial charge < -0.3 is 19.2 Å². The molecule has 3 aromatic rings. The summed E-state index contributed by atoms with van der Waals surface area (Å²) in [5.74, 6) is -2.00. The van der Waals surface area contributed by atoms with Crippen molar-refractivity contribution in [2.75, 3.05) is 6.61 Å². The quantitative estimate of drug-likeness (QED) is 0.606. The molecule has 1 aliphatic heterocycles. The van der Waals surface area contributed by atoms with E-state index in [1.807, 2.05) is 0 Å². The molecule has 1 aliphatic rings. The van der Waals surface area contributed by atoms with Gasteiger partial charge in [0.15, 0.2) is 0 Å². The standard InChI is InChI=1S/C21H18F4N4O3/c1-12-9-28(11-26-12)17-4-3-16-19(30)27-14(10-29(16)20(17)31)6-7-32-18-5-2-13(22)8-15(18)21(23,24)25/h2-5,8-9,11,14H,6-7,10H2,1H3,(H,27,30). The molecule has 168 valence electrons. The molecule has 0 aliphatic carbocycles. The van der Waals surface area contributed by atoms with Crippen LogP contribution in [0.3, 0.4) is 0 Å². The number of alkyl halides is 3. The van der Waals surface area contributed by atoms with Gasteiger partial charge in [-0.1, -0.05) is 0 Å². The number of aromatic nitrogens is 3. The minimum Gasteiger partial charge on any atom is -0.493 e. The van der Waals surface area contributed by atoms with Crippen LogP contribution in [0.5, 0.6) is 5.75 Å². The molecule has 0 saturated heterocycles. The van der Waals surface area contributed by atoms with Crippen molar-refractivity contribution in [2.45, 2.75) is 32.1 Å². The maximum Gasteiger partial charge on any atom is 0.420 e. The predicted octanol–water partition coefficient (Wildman–Crippen LogP) is 3.08. The van der Waals surface area contributed by atoms with Crippen LogP contribution in [-0.2, 0) is 12.7 Å². The molecule has 7 nitrogen and oxygen atoms in total. The van der Waals surface area contributed by atoms with E-state index in [9.17, 15) is 27.2 Å². The first-order chi connectivity index (χ1) is 15.1. The number of hydrogen-bond acceptors (Lipinski definition) is 4. The number of aryl methyl sites for hydroxylation is 1. The lowest BCUT2D eigenvalue weighted by Gasteiger charge is -2.27. The Kier molecular flexibility index (Phi) is 5.49. The SMILES string of the molecule is Cc1cn(-c2ccc3n(c2=O)CC(CCOc2ccc(F)cc2C(F)(F)F)NC3=O)cn1. The first kappa shape index (κ1) is 21.6. The molecule has 2 aromatic heterocycles. The molecule has 1 N–H and O–H groups in total. The van der Waals surface area contributed by atoms with Crippen LogP contribution in [0.4, 0.5) is 17.6 Å². The van der Waals surface area contributed by atoms with E-state index >= 15 is 0 Å². The number of nitrogens with zero attached hydrogens (tertiary/aromatic N) is 3. The number of benzene rings is 1. The normalized spacial score (nSPS) is 15.9. The number of carbonyl (C=O) groups is 1. The molecule has 0 saturated carbocycles. The maximum atomic E-state index is 13.2. The fourth-order valence-electron chi connectivity index (χ4n) is 3.55. The highest BCUT2D eigenvalue weighted by molar-refractivity contribution is 5.93. The summed E-state index contributed by atoms with van der Waals surface area (Å²) < 4.78 is 60.7. The summed E-state index contributed by atoms with van der Waals surface area (Å²) in [6.45, 7) is 1.73. The van der Waals surface area contributed by atoms with Crippen molar-refractivity contribution < 1.29 is 27.1 Å². The van der Waals surface area contributed by atoms with Gasteiger partial charge in [0, 0.05) is 19.2 Å². The molecule has 0 spiro atoms.